The summed E-state index contributed by atoms with van der Waals surface area (Å²) in [6.07, 6.45) is 0. The molecule has 0 amide bonds. The molecular weight excluding hydrogens is 207 g/mol. The van der Waals surface area contributed by atoms with Crippen molar-refractivity contribution < 1.29 is 32.7 Å². The van der Waals surface area contributed by atoms with Gasteiger partial charge in [-0.25, -0.2) is 0 Å². The Morgan fingerprint density at radius 1 is 1.30 bits per heavy atom. The smallest absolute Gasteiger partial charge is 0.396 e. The van der Waals surface area contributed by atoms with Crippen LogP contribution in [0.25, 0.3) is 0 Å². The molecule has 0 heterocycles. The molecule has 1 aromatic rings. The van der Waals surface area contributed by atoms with Crippen LogP contribution in [0.2, 0.25) is 0 Å². The van der Waals surface area contributed by atoms with Crippen LogP contribution in [0, 0.1) is 6.07 Å². The van der Waals surface area contributed by atoms with Crippen molar-refractivity contribution in [2.24, 2.45) is 0 Å². The molecule has 0 atom stereocenters. The van der Waals surface area contributed by atoms with Gasteiger partial charge in [0.15, 0.2) is 0 Å². The molecule has 0 fully saturated rings. The van der Waals surface area contributed by atoms with Gasteiger partial charge in [0.25, 0.3) is 0 Å². The molecule has 0 saturated carbocycles. The van der Waals surface area contributed by atoms with Gasteiger partial charge in [-0.15, -0.1) is 6.07 Å². The summed E-state index contributed by atoms with van der Waals surface area (Å²) in [5.74, 6) is 0. The third kappa shape index (κ3) is 1.52. The van der Waals surface area contributed by atoms with Gasteiger partial charge in [0.2, 0.25) is 0 Å². The van der Waals surface area contributed by atoms with Gasteiger partial charge in [0, 0.05) is 14.1 Å². The van der Waals surface area contributed by atoms with Crippen molar-refractivity contribution in [2.75, 3.05) is 19.0 Å². The first-order chi connectivity index (χ1) is 4.13. The minimum Gasteiger partial charge on any atom is -0.396 e. The van der Waals surface area contributed by atoms with Gasteiger partial charge in [0.1, 0.15) is 10.9 Å². The van der Waals surface area contributed by atoms with Gasteiger partial charge >= 0.3 is 32.7 Å². The van der Waals surface area contributed by atoms with Gasteiger partial charge in [-0.05, 0) is 5.69 Å². The molecule has 3 nitrogen and oxygen atoms in total. The first-order valence-corrected chi connectivity index (χ1v) is 2.53. The summed E-state index contributed by atoms with van der Waals surface area (Å²) in [5.41, 5.74) is -0.571. The van der Waals surface area contributed by atoms with Crippen LogP contribution in [0.4, 0.5) is 5.69 Å². The van der Waals surface area contributed by atoms with Crippen LogP contribution in [-0.2, 0) is 32.7 Å². The van der Waals surface area contributed by atoms with E-state index in [0.717, 1.165) is 0 Å². The quantitative estimate of drug-likeness (QED) is 0.450. The van der Waals surface area contributed by atoms with Gasteiger partial charge in [-0.2, -0.15) is 0 Å². The molecule has 0 aliphatic rings. The SMILES string of the molecule is CN(C)c1[c-]c(=O)c1=O.[Y+3]. The zero-order valence-electron chi connectivity index (χ0n) is 5.84. The third-order valence-corrected chi connectivity index (χ3v) is 1.10. The molecule has 0 spiro atoms. The largest absolute Gasteiger partial charge is 3.00 e. The first-order valence-electron chi connectivity index (χ1n) is 2.53. The number of hydrogen-bond acceptors (Lipinski definition) is 3. The Balaban J connectivity index is 0.000000810. The molecule has 0 aliphatic heterocycles. The van der Waals surface area contributed by atoms with Crippen LogP contribution in [0.15, 0.2) is 9.59 Å². The second-order valence-electron chi connectivity index (χ2n) is 2.03. The van der Waals surface area contributed by atoms with Crippen LogP contribution in [0.5, 0.6) is 0 Å². The molecule has 0 saturated heterocycles. The maximum Gasteiger partial charge on any atom is 3.00 e. The molecule has 10 heavy (non-hydrogen) atoms. The molecule has 1 aromatic carbocycles. The van der Waals surface area contributed by atoms with E-state index in [4.69, 9.17) is 0 Å². The minimum atomic E-state index is -0.515. The number of nitrogens with zero attached hydrogens (tertiary/aromatic N) is 1. The topological polar surface area (TPSA) is 37.4 Å². The molecule has 0 N–H and O–H groups in total. The Labute approximate surface area is 83.6 Å². The molecule has 1 rings (SSSR count). The van der Waals surface area contributed by atoms with Gasteiger partial charge in [-0.1, -0.05) is 0 Å². The average molecular weight is 213 g/mol. The second-order valence-corrected chi connectivity index (χ2v) is 2.03. The molecular formula is C6H6NO2Y+2. The Morgan fingerprint density at radius 3 is 1.90 bits per heavy atom. The van der Waals surface area contributed by atoms with Crippen LogP contribution >= 0.6 is 0 Å². The summed E-state index contributed by atoms with van der Waals surface area (Å²) < 4.78 is 0. The molecule has 0 radical (unpaired) electrons. The predicted molar refractivity (Wildman–Crippen MR) is 34.5 cm³/mol. The van der Waals surface area contributed by atoms with E-state index in [-0.39, 0.29) is 32.7 Å². The number of anilines is 1. The summed E-state index contributed by atoms with van der Waals surface area (Å²) in [6, 6.07) is 2.35. The normalized spacial score (nSPS) is 9.00. The van der Waals surface area contributed by atoms with Crippen molar-refractivity contribution in [1.82, 2.24) is 0 Å². The Bertz CT molecular complexity index is 285. The minimum absolute atomic E-state index is 0. The van der Waals surface area contributed by atoms with Gasteiger partial charge in [-0.3, -0.25) is 0 Å². The Hall–Kier alpha value is -0.0161. The van der Waals surface area contributed by atoms with Gasteiger partial charge < -0.3 is 14.5 Å². The van der Waals surface area contributed by atoms with Crippen LogP contribution in [-0.4, -0.2) is 14.1 Å². The van der Waals surface area contributed by atoms with Crippen molar-refractivity contribution in [2.45, 2.75) is 0 Å². The standard InChI is InChI=1S/C6H6NO2.Y/c1-7(2)4-3-5(8)6(4)9;/h1-2H3;/q-1;+3. The monoisotopic (exact) mass is 213 g/mol. The predicted octanol–water partition coefficient (Wildman–Crippen LogP) is -0.854. The Kier molecular flexibility index (Phi) is 3.39. The second kappa shape index (κ2) is 3.40. The van der Waals surface area contributed by atoms with E-state index in [0.29, 0.717) is 5.69 Å². The fraction of sp³-hybridized carbons (Fsp3) is 0.333. The van der Waals surface area contributed by atoms with E-state index in [1.165, 1.54) is 0 Å². The van der Waals surface area contributed by atoms with E-state index in [9.17, 15) is 9.59 Å². The van der Waals surface area contributed by atoms with E-state index in [2.05, 4.69) is 6.07 Å². The first kappa shape index (κ1) is 9.98. The third-order valence-electron chi connectivity index (χ3n) is 1.10. The number of hydrogen-bond donors (Lipinski definition) is 0. The molecule has 0 aromatic heterocycles. The van der Waals surface area contributed by atoms with Crippen LogP contribution < -0.4 is 15.8 Å². The Morgan fingerprint density at radius 2 is 1.80 bits per heavy atom. The number of rotatable bonds is 1. The van der Waals surface area contributed by atoms with Crippen molar-refractivity contribution in [3.05, 3.63) is 26.5 Å². The van der Waals surface area contributed by atoms with E-state index in [1.54, 1.807) is 19.0 Å². The van der Waals surface area contributed by atoms with Crippen LogP contribution in [0.1, 0.15) is 0 Å². The van der Waals surface area contributed by atoms with Crippen molar-refractivity contribution in [1.29, 1.82) is 0 Å². The summed E-state index contributed by atoms with van der Waals surface area (Å²) in [7, 11) is 3.40. The summed E-state index contributed by atoms with van der Waals surface area (Å²) in [4.78, 5) is 22.3. The van der Waals surface area contributed by atoms with Crippen LogP contribution in [0.3, 0.4) is 0 Å². The van der Waals surface area contributed by atoms with Crippen molar-refractivity contribution in [3.63, 3.8) is 0 Å². The fourth-order valence-corrected chi connectivity index (χ4v) is 0.581. The zero-order valence-corrected chi connectivity index (χ0v) is 8.68. The molecule has 48 valence electrons. The van der Waals surface area contributed by atoms with E-state index in [1.807, 2.05) is 0 Å². The fourth-order valence-electron chi connectivity index (χ4n) is 0.581. The van der Waals surface area contributed by atoms with E-state index < -0.39 is 10.9 Å². The molecule has 0 aliphatic carbocycles. The molecule has 0 unspecified atom stereocenters. The maximum absolute atomic E-state index is 10.5. The summed E-state index contributed by atoms with van der Waals surface area (Å²) in [6.45, 7) is 0. The summed E-state index contributed by atoms with van der Waals surface area (Å²) >= 11 is 0. The summed E-state index contributed by atoms with van der Waals surface area (Å²) in [5, 5.41) is 0. The maximum atomic E-state index is 10.5. The van der Waals surface area contributed by atoms with Crippen molar-refractivity contribution >= 4 is 5.69 Å². The van der Waals surface area contributed by atoms with Crippen molar-refractivity contribution in [3.8, 4) is 0 Å². The molecule has 0 bridgehead atoms. The van der Waals surface area contributed by atoms with E-state index >= 15 is 0 Å². The molecule has 4 heteroatoms. The zero-order chi connectivity index (χ0) is 7.02. The average Bonchev–Trinajstić information content (AvgIpc) is 1.81. The van der Waals surface area contributed by atoms with Gasteiger partial charge in [0.05, 0.1) is 0 Å².